The van der Waals surface area contributed by atoms with Gasteiger partial charge in [0.05, 0.1) is 6.17 Å². The lowest BCUT2D eigenvalue weighted by Gasteiger charge is -2.44. The van der Waals surface area contributed by atoms with Crippen LogP contribution in [0.2, 0.25) is 0 Å². The summed E-state index contributed by atoms with van der Waals surface area (Å²) in [6.07, 6.45) is 8.77. The van der Waals surface area contributed by atoms with Gasteiger partial charge in [-0.2, -0.15) is 0 Å². The normalized spacial score (nSPS) is 45.6. The number of carbonyl (C=O) groups is 1. The maximum atomic E-state index is 11.6. The van der Waals surface area contributed by atoms with Crippen LogP contribution >= 0.6 is 0 Å². The number of amides is 1. The zero-order valence-electron chi connectivity index (χ0n) is 12.1. The summed E-state index contributed by atoms with van der Waals surface area (Å²) >= 11 is 0. The first-order valence-corrected chi connectivity index (χ1v) is 8.36. The van der Waals surface area contributed by atoms with Crippen molar-refractivity contribution in [1.29, 1.82) is 0 Å². The lowest BCUT2D eigenvalue weighted by molar-refractivity contribution is -0.125. The lowest BCUT2D eigenvalue weighted by atomic mass is 9.71. The molecular formula is C15H26N4O. The molecule has 112 valence electrons. The van der Waals surface area contributed by atoms with E-state index in [0.29, 0.717) is 30.1 Å². The van der Waals surface area contributed by atoms with Gasteiger partial charge in [-0.3, -0.25) is 15.1 Å². The van der Waals surface area contributed by atoms with Crippen molar-refractivity contribution in [3.8, 4) is 0 Å². The predicted octanol–water partition coefficient (Wildman–Crippen LogP) is 0.580. The highest BCUT2D eigenvalue weighted by Gasteiger charge is 2.47. The Bertz CT molecular complexity index is 382. The van der Waals surface area contributed by atoms with Crippen LogP contribution in [-0.4, -0.2) is 42.1 Å². The van der Waals surface area contributed by atoms with Gasteiger partial charge in [-0.25, -0.2) is 5.43 Å². The van der Waals surface area contributed by atoms with Gasteiger partial charge in [-0.05, 0) is 51.1 Å². The molecule has 5 unspecified atom stereocenters. The van der Waals surface area contributed by atoms with Crippen molar-refractivity contribution in [1.82, 2.24) is 21.1 Å². The number of nitrogens with zero attached hydrogens (tertiary/aromatic N) is 1. The summed E-state index contributed by atoms with van der Waals surface area (Å²) < 4.78 is 0. The highest BCUT2D eigenvalue weighted by molar-refractivity contribution is 5.77. The van der Waals surface area contributed by atoms with E-state index in [1.807, 2.05) is 0 Å². The molecule has 0 bridgehead atoms. The van der Waals surface area contributed by atoms with Crippen molar-refractivity contribution in [2.24, 2.45) is 11.8 Å². The number of hydrogen-bond acceptors (Lipinski definition) is 4. The van der Waals surface area contributed by atoms with Crippen molar-refractivity contribution in [2.45, 2.75) is 63.2 Å². The number of carbonyl (C=O) groups excluding carboxylic acids is 1. The van der Waals surface area contributed by atoms with Crippen LogP contribution in [0.25, 0.3) is 0 Å². The molecule has 0 aromatic rings. The average molecular weight is 278 g/mol. The third-order valence-electron chi connectivity index (χ3n) is 5.86. The van der Waals surface area contributed by atoms with Gasteiger partial charge < -0.3 is 5.32 Å². The highest BCUT2D eigenvalue weighted by Crippen LogP contribution is 2.39. The summed E-state index contributed by atoms with van der Waals surface area (Å²) in [4.78, 5) is 14.2. The number of fused-ring (bicyclic) bond motifs is 2. The number of hydrazine groups is 1. The minimum absolute atomic E-state index is 0.253. The molecule has 1 saturated carbocycles. The molecule has 20 heavy (non-hydrogen) atoms. The smallest absolute Gasteiger partial charge is 0.220 e. The molecule has 0 aromatic carbocycles. The van der Waals surface area contributed by atoms with E-state index >= 15 is 0 Å². The standard InChI is InChI=1S/C15H26N4O/c20-14-5-4-10-8-11-13(9-12(10)16-14)17-18-15(11)19-6-2-1-3-7-19/h10-13,15,17-18H,1-9H2,(H,16,20). The molecule has 3 aliphatic heterocycles. The molecule has 3 N–H and O–H groups in total. The van der Waals surface area contributed by atoms with Crippen LogP contribution in [-0.2, 0) is 4.79 Å². The van der Waals surface area contributed by atoms with Crippen LogP contribution in [0.3, 0.4) is 0 Å². The number of rotatable bonds is 1. The van der Waals surface area contributed by atoms with Gasteiger partial charge in [0, 0.05) is 24.4 Å². The second kappa shape index (κ2) is 5.28. The molecule has 1 amide bonds. The van der Waals surface area contributed by atoms with E-state index in [4.69, 9.17) is 0 Å². The number of likely N-dealkylation sites (tertiary alicyclic amines) is 1. The third-order valence-corrected chi connectivity index (χ3v) is 5.86. The first-order chi connectivity index (χ1) is 9.81. The maximum absolute atomic E-state index is 11.6. The molecule has 0 spiro atoms. The van der Waals surface area contributed by atoms with Crippen molar-refractivity contribution in [3.05, 3.63) is 0 Å². The molecule has 5 atom stereocenters. The Morgan fingerprint density at radius 2 is 1.85 bits per heavy atom. The predicted molar refractivity (Wildman–Crippen MR) is 76.7 cm³/mol. The molecule has 5 heteroatoms. The van der Waals surface area contributed by atoms with E-state index in [1.54, 1.807) is 0 Å². The lowest BCUT2D eigenvalue weighted by Crippen LogP contribution is -2.54. The molecule has 3 heterocycles. The van der Waals surface area contributed by atoms with E-state index in [-0.39, 0.29) is 5.91 Å². The van der Waals surface area contributed by atoms with Crippen molar-refractivity contribution in [2.75, 3.05) is 13.1 Å². The summed E-state index contributed by atoms with van der Waals surface area (Å²) in [5.74, 6) is 1.66. The van der Waals surface area contributed by atoms with E-state index in [9.17, 15) is 4.79 Å². The number of piperidine rings is 2. The van der Waals surface area contributed by atoms with Crippen molar-refractivity contribution >= 4 is 5.91 Å². The summed E-state index contributed by atoms with van der Waals surface area (Å²) in [5, 5.41) is 3.20. The minimum atomic E-state index is 0.253. The Labute approximate surface area is 120 Å². The van der Waals surface area contributed by atoms with E-state index in [1.165, 1.54) is 38.8 Å². The second-order valence-electron chi connectivity index (χ2n) is 7.04. The summed E-state index contributed by atoms with van der Waals surface area (Å²) in [7, 11) is 0. The summed E-state index contributed by atoms with van der Waals surface area (Å²) in [6.45, 7) is 2.49. The van der Waals surface area contributed by atoms with Gasteiger partial charge in [0.1, 0.15) is 0 Å². The molecule has 4 rings (SSSR count). The molecular weight excluding hydrogens is 252 g/mol. The molecule has 4 aliphatic rings. The van der Waals surface area contributed by atoms with Crippen LogP contribution in [0.5, 0.6) is 0 Å². The minimum Gasteiger partial charge on any atom is -0.353 e. The number of hydrogen-bond donors (Lipinski definition) is 3. The topological polar surface area (TPSA) is 56.4 Å². The van der Waals surface area contributed by atoms with E-state index in [2.05, 4.69) is 21.1 Å². The maximum Gasteiger partial charge on any atom is 0.220 e. The zero-order chi connectivity index (χ0) is 13.5. The molecule has 0 aromatic heterocycles. The van der Waals surface area contributed by atoms with Gasteiger partial charge in [-0.15, -0.1) is 0 Å². The Kier molecular flexibility index (Phi) is 3.44. The van der Waals surface area contributed by atoms with Crippen LogP contribution in [0.4, 0.5) is 0 Å². The Morgan fingerprint density at radius 3 is 2.70 bits per heavy atom. The fourth-order valence-corrected chi connectivity index (χ4v) is 4.78. The Morgan fingerprint density at radius 1 is 1.00 bits per heavy atom. The van der Waals surface area contributed by atoms with Gasteiger partial charge >= 0.3 is 0 Å². The van der Waals surface area contributed by atoms with Gasteiger partial charge in [-0.1, -0.05) is 6.42 Å². The van der Waals surface area contributed by atoms with Crippen molar-refractivity contribution in [3.63, 3.8) is 0 Å². The Balaban J connectivity index is 1.45. The average Bonchev–Trinajstić information content (AvgIpc) is 2.88. The Hall–Kier alpha value is -0.650. The van der Waals surface area contributed by atoms with Crippen LogP contribution < -0.4 is 16.2 Å². The van der Waals surface area contributed by atoms with Gasteiger partial charge in [0.15, 0.2) is 0 Å². The monoisotopic (exact) mass is 278 g/mol. The summed E-state index contributed by atoms with van der Waals surface area (Å²) in [5.41, 5.74) is 7.06. The van der Waals surface area contributed by atoms with Crippen molar-refractivity contribution < 1.29 is 4.79 Å². The quantitative estimate of drug-likeness (QED) is 0.657. The fraction of sp³-hybridized carbons (Fsp3) is 0.933. The molecule has 3 saturated heterocycles. The summed E-state index contributed by atoms with van der Waals surface area (Å²) in [6, 6.07) is 0.938. The first-order valence-electron chi connectivity index (χ1n) is 8.36. The zero-order valence-corrected chi connectivity index (χ0v) is 12.1. The van der Waals surface area contributed by atoms with Gasteiger partial charge in [0.2, 0.25) is 5.91 Å². The largest absolute Gasteiger partial charge is 0.353 e. The van der Waals surface area contributed by atoms with Crippen LogP contribution in [0.15, 0.2) is 0 Å². The van der Waals surface area contributed by atoms with Crippen LogP contribution in [0.1, 0.15) is 44.9 Å². The molecule has 5 nitrogen and oxygen atoms in total. The van der Waals surface area contributed by atoms with Gasteiger partial charge in [0.25, 0.3) is 0 Å². The highest BCUT2D eigenvalue weighted by atomic mass is 16.1. The second-order valence-corrected chi connectivity index (χ2v) is 7.04. The van der Waals surface area contributed by atoms with E-state index in [0.717, 1.165) is 19.3 Å². The first kappa shape index (κ1) is 13.0. The molecule has 4 fully saturated rings. The van der Waals surface area contributed by atoms with E-state index < -0.39 is 0 Å². The SMILES string of the molecule is O=C1CCC2CC3C(CC2N1)NNC3N1CCCCC1. The third kappa shape index (κ3) is 2.26. The fourth-order valence-electron chi connectivity index (χ4n) is 4.78. The number of nitrogens with one attached hydrogen (secondary N) is 3. The molecule has 0 radical (unpaired) electrons. The molecule has 1 aliphatic carbocycles. The van der Waals surface area contributed by atoms with Crippen LogP contribution in [0, 0.1) is 11.8 Å².